The van der Waals surface area contributed by atoms with Crippen LogP contribution in [-0.2, 0) is 16.4 Å². The summed E-state index contributed by atoms with van der Waals surface area (Å²) in [6, 6.07) is 6.93. The van der Waals surface area contributed by atoms with Gasteiger partial charge >= 0.3 is 0 Å². The lowest BCUT2D eigenvalue weighted by atomic mass is 10.1. The summed E-state index contributed by atoms with van der Waals surface area (Å²) in [5, 5.41) is 4.02. The van der Waals surface area contributed by atoms with Crippen LogP contribution in [0.4, 0.5) is 0 Å². The molecular formula is C13H13Br2NO2S2. The van der Waals surface area contributed by atoms with Crippen molar-refractivity contribution < 1.29 is 8.42 Å². The molecule has 1 aromatic carbocycles. The van der Waals surface area contributed by atoms with E-state index in [4.69, 9.17) is 0 Å². The Balaban J connectivity index is 2.16. The molecule has 1 N–H and O–H groups in total. The molecule has 1 atom stereocenters. The Labute approximate surface area is 139 Å². The smallest absolute Gasteiger partial charge is 0.208 e. The molecule has 0 saturated carbocycles. The van der Waals surface area contributed by atoms with Gasteiger partial charge in [-0.15, -0.1) is 0 Å². The van der Waals surface area contributed by atoms with Crippen molar-refractivity contribution in [2.75, 3.05) is 0 Å². The molecule has 1 heterocycles. The Morgan fingerprint density at radius 3 is 2.70 bits per heavy atom. The van der Waals surface area contributed by atoms with Crippen LogP contribution in [0.15, 0.2) is 48.9 Å². The van der Waals surface area contributed by atoms with Gasteiger partial charge in [-0.05, 0) is 69.9 Å². The molecule has 0 amide bonds. The van der Waals surface area contributed by atoms with Gasteiger partial charge in [0.05, 0.1) is 4.90 Å². The quantitative estimate of drug-likeness (QED) is 0.760. The minimum absolute atomic E-state index is 0.166. The van der Waals surface area contributed by atoms with Crippen molar-refractivity contribution in [1.82, 2.24) is 4.72 Å². The highest BCUT2D eigenvalue weighted by atomic mass is 79.9. The van der Waals surface area contributed by atoms with Crippen LogP contribution >= 0.6 is 43.2 Å². The molecule has 1 aromatic heterocycles. The SMILES string of the molecule is CC(Cc1ccsc1)NS(=O)(=O)c1cc(Br)ccc1Br. The summed E-state index contributed by atoms with van der Waals surface area (Å²) >= 11 is 8.18. The molecule has 0 radical (unpaired) electrons. The summed E-state index contributed by atoms with van der Waals surface area (Å²) in [6.45, 7) is 1.86. The molecular weight excluding hydrogens is 426 g/mol. The average molecular weight is 439 g/mol. The van der Waals surface area contributed by atoms with Gasteiger partial charge in [0.2, 0.25) is 10.0 Å². The molecule has 0 bridgehead atoms. The Kier molecular flexibility index (Phi) is 5.42. The number of hydrogen-bond acceptors (Lipinski definition) is 3. The molecule has 0 saturated heterocycles. The Morgan fingerprint density at radius 2 is 2.05 bits per heavy atom. The zero-order valence-corrected chi connectivity index (χ0v) is 15.4. The van der Waals surface area contributed by atoms with Gasteiger partial charge in [-0.25, -0.2) is 13.1 Å². The van der Waals surface area contributed by atoms with Crippen LogP contribution < -0.4 is 4.72 Å². The first kappa shape index (κ1) is 16.2. The Bertz CT molecular complexity index is 684. The standard InChI is InChI=1S/C13H13Br2NO2S2/c1-9(6-10-4-5-19-8-10)16-20(17,18)13-7-11(14)2-3-12(13)15/h2-5,7-9,16H,6H2,1H3. The predicted molar refractivity (Wildman–Crippen MR) is 89.6 cm³/mol. The lowest BCUT2D eigenvalue weighted by Crippen LogP contribution is -2.34. The summed E-state index contributed by atoms with van der Waals surface area (Å²) in [7, 11) is -3.54. The van der Waals surface area contributed by atoms with Crippen LogP contribution in [0.2, 0.25) is 0 Å². The van der Waals surface area contributed by atoms with E-state index in [0.717, 1.165) is 10.0 Å². The van der Waals surface area contributed by atoms with Crippen molar-refractivity contribution >= 4 is 53.2 Å². The largest absolute Gasteiger partial charge is 0.241 e. The monoisotopic (exact) mass is 437 g/mol. The number of nitrogens with one attached hydrogen (secondary N) is 1. The molecule has 20 heavy (non-hydrogen) atoms. The maximum atomic E-state index is 12.4. The Morgan fingerprint density at radius 1 is 1.30 bits per heavy atom. The number of sulfonamides is 1. The summed E-state index contributed by atoms with van der Waals surface area (Å²) in [5.41, 5.74) is 1.14. The van der Waals surface area contributed by atoms with E-state index >= 15 is 0 Å². The van der Waals surface area contributed by atoms with Crippen LogP contribution in [-0.4, -0.2) is 14.5 Å². The lowest BCUT2D eigenvalue weighted by Gasteiger charge is -2.14. The molecule has 1 unspecified atom stereocenters. The molecule has 0 aliphatic heterocycles. The van der Waals surface area contributed by atoms with E-state index in [1.165, 1.54) is 0 Å². The van der Waals surface area contributed by atoms with Gasteiger partial charge in [0.1, 0.15) is 0 Å². The van der Waals surface area contributed by atoms with Crippen LogP contribution in [0, 0.1) is 0 Å². The highest BCUT2D eigenvalue weighted by Crippen LogP contribution is 2.25. The first-order valence-electron chi connectivity index (χ1n) is 5.87. The summed E-state index contributed by atoms with van der Waals surface area (Å²) < 4.78 is 28.8. The van der Waals surface area contributed by atoms with Crippen molar-refractivity contribution in [2.45, 2.75) is 24.3 Å². The Hall–Kier alpha value is -0.210. The lowest BCUT2D eigenvalue weighted by molar-refractivity contribution is 0.559. The second kappa shape index (κ2) is 6.70. The van der Waals surface area contributed by atoms with Gasteiger partial charge in [0.25, 0.3) is 0 Å². The van der Waals surface area contributed by atoms with E-state index in [1.807, 2.05) is 23.8 Å². The molecule has 0 aliphatic carbocycles. The van der Waals surface area contributed by atoms with Gasteiger partial charge in [-0.1, -0.05) is 15.9 Å². The minimum Gasteiger partial charge on any atom is -0.208 e. The van der Waals surface area contributed by atoms with E-state index in [-0.39, 0.29) is 10.9 Å². The zero-order chi connectivity index (χ0) is 14.8. The second-order valence-corrected chi connectivity index (χ2v) is 8.67. The van der Waals surface area contributed by atoms with Crippen molar-refractivity contribution in [1.29, 1.82) is 0 Å². The van der Waals surface area contributed by atoms with Gasteiger partial charge in [0.15, 0.2) is 0 Å². The summed E-state index contributed by atoms with van der Waals surface area (Å²) in [6.07, 6.45) is 0.675. The fraction of sp³-hybridized carbons (Fsp3) is 0.231. The van der Waals surface area contributed by atoms with Crippen molar-refractivity contribution in [3.05, 3.63) is 49.5 Å². The van der Waals surface area contributed by atoms with Crippen LogP contribution in [0.1, 0.15) is 12.5 Å². The van der Waals surface area contributed by atoms with E-state index < -0.39 is 10.0 Å². The van der Waals surface area contributed by atoms with Crippen molar-refractivity contribution in [3.8, 4) is 0 Å². The maximum Gasteiger partial charge on any atom is 0.241 e. The fourth-order valence-electron chi connectivity index (χ4n) is 1.82. The molecule has 7 heteroatoms. The highest BCUT2D eigenvalue weighted by molar-refractivity contribution is 9.11. The van der Waals surface area contributed by atoms with Crippen molar-refractivity contribution in [2.24, 2.45) is 0 Å². The van der Waals surface area contributed by atoms with Crippen LogP contribution in [0.5, 0.6) is 0 Å². The van der Waals surface area contributed by atoms with E-state index in [2.05, 4.69) is 36.6 Å². The zero-order valence-electron chi connectivity index (χ0n) is 10.6. The molecule has 0 fully saturated rings. The van der Waals surface area contributed by atoms with E-state index in [1.54, 1.807) is 29.5 Å². The fourth-order valence-corrected chi connectivity index (χ4v) is 5.24. The number of rotatable bonds is 5. The van der Waals surface area contributed by atoms with Gasteiger partial charge in [-0.3, -0.25) is 0 Å². The third kappa shape index (κ3) is 4.14. The predicted octanol–water partition coefficient (Wildman–Crippen LogP) is 4.18. The topological polar surface area (TPSA) is 46.2 Å². The van der Waals surface area contributed by atoms with Gasteiger partial charge in [0, 0.05) is 15.0 Å². The third-order valence-electron chi connectivity index (χ3n) is 2.66. The average Bonchev–Trinajstić information content (AvgIpc) is 2.84. The number of benzene rings is 1. The van der Waals surface area contributed by atoms with Crippen LogP contribution in [0.3, 0.4) is 0 Å². The molecule has 108 valence electrons. The summed E-state index contributed by atoms with van der Waals surface area (Å²) in [4.78, 5) is 0.240. The second-order valence-electron chi connectivity index (χ2n) is 4.43. The van der Waals surface area contributed by atoms with Gasteiger partial charge in [-0.2, -0.15) is 11.3 Å². The summed E-state index contributed by atoms with van der Waals surface area (Å²) in [5.74, 6) is 0. The molecule has 2 aromatic rings. The molecule has 3 nitrogen and oxygen atoms in total. The van der Waals surface area contributed by atoms with Gasteiger partial charge < -0.3 is 0 Å². The molecule has 0 aliphatic rings. The number of halogens is 2. The van der Waals surface area contributed by atoms with E-state index in [0.29, 0.717) is 10.9 Å². The molecule has 2 rings (SSSR count). The van der Waals surface area contributed by atoms with E-state index in [9.17, 15) is 8.42 Å². The maximum absolute atomic E-state index is 12.4. The number of thiophene rings is 1. The number of hydrogen-bond donors (Lipinski definition) is 1. The molecule has 0 spiro atoms. The third-order valence-corrected chi connectivity index (χ3v) is 6.47. The van der Waals surface area contributed by atoms with Crippen molar-refractivity contribution in [3.63, 3.8) is 0 Å². The highest BCUT2D eigenvalue weighted by Gasteiger charge is 2.20. The normalized spacial score (nSPS) is 13.3. The first-order chi connectivity index (χ1) is 9.38. The first-order valence-corrected chi connectivity index (χ1v) is 9.88. The van der Waals surface area contributed by atoms with Crippen LogP contribution in [0.25, 0.3) is 0 Å². The minimum atomic E-state index is -3.54.